The van der Waals surface area contributed by atoms with Gasteiger partial charge in [-0.2, -0.15) is 0 Å². The molecule has 0 aliphatic carbocycles. The number of nitrogens with one attached hydrogen (secondary N) is 1. The largest absolute Gasteiger partial charge is 0.393 e. The van der Waals surface area contributed by atoms with Gasteiger partial charge in [-0.15, -0.1) is 0 Å². The van der Waals surface area contributed by atoms with Crippen LogP contribution < -0.4 is 17.0 Å². The number of anilines is 1. The van der Waals surface area contributed by atoms with E-state index in [1.807, 2.05) is 6.07 Å². The summed E-state index contributed by atoms with van der Waals surface area (Å²) in [5.74, 6) is 0. The number of nitrogens with two attached hydrogens (primary N) is 1. The van der Waals surface area contributed by atoms with E-state index in [1.54, 1.807) is 18.2 Å². The molecule has 0 atom stereocenters. The Morgan fingerprint density at radius 3 is 2.82 bits per heavy atom. The van der Waals surface area contributed by atoms with E-state index in [1.165, 1.54) is 10.8 Å². The molecule has 2 aromatic rings. The number of hydrogen-bond donors (Lipinski definition) is 2. The minimum Gasteiger partial charge on any atom is -0.393 e. The standard InChI is InChI=1S/C11H10ClN3O2/c12-8-3-1-2-7(4-8)5-15-6-9(13)10(16)14-11(15)17/h1-4,6H,5,13H2,(H,14,16,17). The van der Waals surface area contributed by atoms with Gasteiger partial charge in [-0.05, 0) is 17.7 Å². The van der Waals surface area contributed by atoms with E-state index < -0.39 is 11.2 Å². The highest BCUT2D eigenvalue weighted by molar-refractivity contribution is 6.30. The number of hydrogen-bond acceptors (Lipinski definition) is 3. The molecule has 17 heavy (non-hydrogen) atoms. The van der Waals surface area contributed by atoms with Crippen molar-refractivity contribution in [2.45, 2.75) is 6.54 Å². The Bertz CT molecular complexity index is 660. The summed E-state index contributed by atoms with van der Waals surface area (Å²) in [6.07, 6.45) is 1.32. The molecule has 0 saturated heterocycles. The van der Waals surface area contributed by atoms with Gasteiger partial charge < -0.3 is 5.73 Å². The molecule has 0 aliphatic rings. The van der Waals surface area contributed by atoms with Gasteiger partial charge in [0, 0.05) is 11.2 Å². The average Bonchev–Trinajstić information content (AvgIpc) is 2.26. The number of benzene rings is 1. The zero-order valence-electron chi connectivity index (χ0n) is 8.81. The highest BCUT2D eigenvalue weighted by atomic mass is 35.5. The number of rotatable bonds is 2. The van der Waals surface area contributed by atoms with Crippen LogP contribution in [0.4, 0.5) is 5.69 Å². The number of halogens is 1. The number of aromatic amines is 1. The Balaban J connectivity index is 2.40. The highest BCUT2D eigenvalue weighted by Crippen LogP contribution is 2.11. The summed E-state index contributed by atoms with van der Waals surface area (Å²) in [7, 11) is 0. The highest BCUT2D eigenvalue weighted by Gasteiger charge is 2.02. The number of nitrogens with zero attached hydrogens (tertiary/aromatic N) is 1. The van der Waals surface area contributed by atoms with Crippen LogP contribution in [0.3, 0.4) is 0 Å². The fraction of sp³-hybridized carbons (Fsp3) is 0.0909. The molecule has 0 bridgehead atoms. The summed E-state index contributed by atoms with van der Waals surface area (Å²) in [6.45, 7) is 0.306. The van der Waals surface area contributed by atoms with Gasteiger partial charge in [0.25, 0.3) is 5.56 Å². The van der Waals surface area contributed by atoms with Gasteiger partial charge in [0.2, 0.25) is 0 Å². The second-order valence-electron chi connectivity index (χ2n) is 3.60. The lowest BCUT2D eigenvalue weighted by molar-refractivity contribution is 0.723. The van der Waals surface area contributed by atoms with E-state index in [4.69, 9.17) is 17.3 Å². The minimum atomic E-state index is -0.572. The third-order valence-electron chi connectivity index (χ3n) is 2.28. The first-order valence-electron chi connectivity index (χ1n) is 4.90. The van der Waals surface area contributed by atoms with Crippen LogP contribution in [0.5, 0.6) is 0 Å². The van der Waals surface area contributed by atoms with Crippen molar-refractivity contribution in [3.63, 3.8) is 0 Å². The molecule has 0 amide bonds. The summed E-state index contributed by atoms with van der Waals surface area (Å²) in [4.78, 5) is 24.7. The summed E-state index contributed by atoms with van der Waals surface area (Å²) in [6, 6.07) is 7.11. The molecular formula is C11H10ClN3O2. The predicted octanol–water partition coefficient (Wildman–Crippen LogP) is 0.821. The van der Waals surface area contributed by atoms with Crippen molar-refractivity contribution in [3.8, 4) is 0 Å². The maximum absolute atomic E-state index is 11.5. The lowest BCUT2D eigenvalue weighted by Crippen LogP contribution is -2.31. The first kappa shape index (κ1) is 11.5. The summed E-state index contributed by atoms with van der Waals surface area (Å²) in [5.41, 5.74) is 5.23. The van der Waals surface area contributed by atoms with Crippen molar-refractivity contribution in [2.24, 2.45) is 0 Å². The molecule has 5 nitrogen and oxygen atoms in total. The molecule has 2 rings (SSSR count). The minimum absolute atomic E-state index is 0.00614. The number of H-pyrrole nitrogens is 1. The van der Waals surface area contributed by atoms with Crippen molar-refractivity contribution in [1.29, 1.82) is 0 Å². The van der Waals surface area contributed by atoms with Crippen LogP contribution in [-0.2, 0) is 6.54 Å². The van der Waals surface area contributed by atoms with Gasteiger partial charge in [-0.25, -0.2) is 4.79 Å². The summed E-state index contributed by atoms with van der Waals surface area (Å²) < 4.78 is 1.32. The molecule has 1 aromatic carbocycles. The maximum atomic E-state index is 11.5. The molecule has 0 spiro atoms. The zero-order chi connectivity index (χ0) is 12.4. The molecule has 1 heterocycles. The van der Waals surface area contributed by atoms with Crippen LogP contribution in [0.2, 0.25) is 5.02 Å². The van der Waals surface area contributed by atoms with Crippen LogP contribution in [0.25, 0.3) is 0 Å². The zero-order valence-corrected chi connectivity index (χ0v) is 9.57. The summed E-state index contributed by atoms with van der Waals surface area (Å²) >= 11 is 5.84. The summed E-state index contributed by atoms with van der Waals surface area (Å²) in [5, 5.41) is 0.591. The molecular weight excluding hydrogens is 242 g/mol. The molecule has 0 aliphatic heterocycles. The van der Waals surface area contributed by atoms with Gasteiger partial charge in [0.15, 0.2) is 0 Å². The maximum Gasteiger partial charge on any atom is 0.328 e. The molecule has 0 fully saturated rings. The van der Waals surface area contributed by atoms with Gasteiger partial charge >= 0.3 is 5.69 Å². The van der Waals surface area contributed by atoms with Crippen molar-refractivity contribution in [2.75, 3.05) is 5.73 Å². The van der Waals surface area contributed by atoms with Gasteiger partial charge in [-0.3, -0.25) is 14.3 Å². The fourth-order valence-electron chi connectivity index (χ4n) is 1.48. The van der Waals surface area contributed by atoms with E-state index in [0.717, 1.165) is 5.56 Å². The van der Waals surface area contributed by atoms with E-state index in [2.05, 4.69) is 4.98 Å². The Hall–Kier alpha value is -2.01. The van der Waals surface area contributed by atoms with Gasteiger partial charge in [0.1, 0.15) is 5.69 Å². The number of aromatic nitrogens is 2. The van der Waals surface area contributed by atoms with Crippen LogP contribution in [0.1, 0.15) is 5.56 Å². The second kappa shape index (κ2) is 4.47. The second-order valence-corrected chi connectivity index (χ2v) is 4.04. The average molecular weight is 252 g/mol. The Morgan fingerprint density at radius 1 is 1.35 bits per heavy atom. The molecule has 0 saturated carbocycles. The van der Waals surface area contributed by atoms with Crippen molar-refractivity contribution < 1.29 is 0 Å². The van der Waals surface area contributed by atoms with E-state index in [-0.39, 0.29) is 5.69 Å². The first-order chi connectivity index (χ1) is 8.06. The Kier molecular flexibility index (Phi) is 3.01. The third kappa shape index (κ3) is 2.57. The number of nitrogen functional groups attached to an aromatic ring is 1. The molecule has 0 radical (unpaired) electrons. The van der Waals surface area contributed by atoms with E-state index in [9.17, 15) is 9.59 Å². The fourth-order valence-corrected chi connectivity index (χ4v) is 1.69. The van der Waals surface area contributed by atoms with Crippen LogP contribution in [0, 0.1) is 0 Å². The first-order valence-corrected chi connectivity index (χ1v) is 5.28. The predicted molar refractivity (Wildman–Crippen MR) is 66.3 cm³/mol. The quantitative estimate of drug-likeness (QED) is 0.829. The molecule has 3 N–H and O–H groups in total. The van der Waals surface area contributed by atoms with Crippen molar-refractivity contribution in [3.05, 3.63) is 61.9 Å². The topological polar surface area (TPSA) is 80.9 Å². The van der Waals surface area contributed by atoms with Crippen molar-refractivity contribution in [1.82, 2.24) is 9.55 Å². The molecule has 88 valence electrons. The molecule has 1 aromatic heterocycles. The van der Waals surface area contributed by atoms with Crippen LogP contribution in [0.15, 0.2) is 40.1 Å². The lowest BCUT2D eigenvalue weighted by Gasteiger charge is -2.06. The Labute approximate surface area is 101 Å². The monoisotopic (exact) mass is 251 g/mol. The smallest absolute Gasteiger partial charge is 0.328 e. The Morgan fingerprint density at radius 2 is 2.12 bits per heavy atom. The SMILES string of the molecule is Nc1cn(Cc2cccc(Cl)c2)c(=O)[nH]c1=O. The van der Waals surface area contributed by atoms with E-state index >= 15 is 0 Å². The molecule has 0 unspecified atom stereocenters. The third-order valence-corrected chi connectivity index (χ3v) is 2.52. The van der Waals surface area contributed by atoms with Crippen molar-refractivity contribution >= 4 is 17.3 Å². The normalized spacial score (nSPS) is 10.4. The lowest BCUT2D eigenvalue weighted by atomic mass is 10.2. The van der Waals surface area contributed by atoms with Crippen LogP contribution >= 0.6 is 11.6 Å². The van der Waals surface area contributed by atoms with Crippen LogP contribution in [-0.4, -0.2) is 9.55 Å². The van der Waals surface area contributed by atoms with Gasteiger partial charge in [0.05, 0.1) is 6.54 Å². The van der Waals surface area contributed by atoms with Gasteiger partial charge in [-0.1, -0.05) is 23.7 Å². The molecule has 6 heteroatoms. The van der Waals surface area contributed by atoms with E-state index in [0.29, 0.717) is 11.6 Å².